The number of fused-ring (bicyclic) bond motifs is 3. The summed E-state index contributed by atoms with van der Waals surface area (Å²) in [5.74, 6) is -0.958. The van der Waals surface area contributed by atoms with Gasteiger partial charge < -0.3 is 31.6 Å². The van der Waals surface area contributed by atoms with Gasteiger partial charge in [-0.2, -0.15) is 0 Å². The molecule has 2 atom stereocenters. The lowest BCUT2D eigenvalue weighted by Gasteiger charge is -2.28. The third-order valence-electron chi connectivity index (χ3n) is 8.13. The van der Waals surface area contributed by atoms with Crippen molar-refractivity contribution in [3.63, 3.8) is 0 Å². The van der Waals surface area contributed by atoms with Gasteiger partial charge in [-0.15, -0.1) is 0 Å². The van der Waals surface area contributed by atoms with Crippen molar-refractivity contribution in [2.45, 2.75) is 61.2 Å². The standard InChI is InChI=1S/C34H39ClN6O3S/c1-21-9-11-26-23(18-38-28(26)14-21)16-29-34(44)39-19-24-15-25(35)10-12-31(24)45-30-8-4-3-6-22(30)17-37-27(7-5-13-36)33(43)40-20-32(42)41(29)2/h3-4,6,8-12,14-15,18,27,29,37-38H,5,7,13,16-17,19-20,36H2,1-2H3,(H,39,44)(H,40,43)/t27-,29-/m0/s1. The Labute approximate surface area is 272 Å². The number of hydrogen-bond donors (Lipinski definition) is 5. The minimum absolute atomic E-state index is 0.228. The molecule has 1 aliphatic heterocycles. The first-order chi connectivity index (χ1) is 21.7. The zero-order valence-electron chi connectivity index (χ0n) is 25.5. The molecule has 0 fully saturated rings. The first kappa shape index (κ1) is 32.6. The lowest BCUT2D eigenvalue weighted by atomic mass is 10.0. The quantitative estimate of drug-likeness (QED) is 0.220. The maximum absolute atomic E-state index is 13.9. The number of nitrogens with zero attached hydrogens (tertiary/aromatic N) is 1. The summed E-state index contributed by atoms with van der Waals surface area (Å²) in [6.45, 7) is 2.91. The highest BCUT2D eigenvalue weighted by molar-refractivity contribution is 7.99. The fourth-order valence-electron chi connectivity index (χ4n) is 5.50. The molecule has 3 amide bonds. The van der Waals surface area contributed by atoms with Crippen LogP contribution in [0.5, 0.6) is 0 Å². The molecule has 0 radical (unpaired) electrons. The second kappa shape index (κ2) is 15.0. The van der Waals surface area contributed by atoms with Gasteiger partial charge in [-0.1, -0.05) is 53.7 Å². The second-order valence-corrected chi connectivity index (χ2v) is 12.9. The number of H-pyrrole nitrogens is 1. The van der Waals surface area contributed by atoms with Gasteiger partial charge in [0.15, 0.2) is 0 Å². The molecular weight excluding hydrogens is 608 g/mol. The highest BCUT2D eigenvalue weighted by atomic mass is 35.5. The summed E-state index contributed by atoms with van der Waals surface area (Å²) in [4.78, 5) is 47.4. The average molecular weight is 647 g/mol. The van der Waals surface area contributed by atoms with E-state index in [0.717, 1.165) is 42.9 Å². The Morgan fingerprint density at radius 2 is 1.71 bits per heavy atom. The number of halogens is 1. The van der Waals surface area contributed by atoms with Crippen molar-refractivity contribution >= 4 is 52.0 Å². The van der Waals surface area contributed by atoms with Crippen LogP contribution in [0.1, 0.15) is 35.1 Å². The van der Waals surface area contributed by atoms with Gasteiger partial charge in [0.05, 0.1) is 12.6 Å². The number of aromatic nitrogens is 1. The molecule has 1 aliphatic rings. The summed E-state index contributed by atoms with van der Waals surface area (Å²) in [7, 11) is 1.60. The zero-order chi connectivity index (χ0) is 31.9. The molecule has 3 aromatic carbocycles. The summed E-state index contributed by atoms with van der Waals surface area (Å²) in [6.07, 6.45) is 3.34. The van der Waals surface area contributed by atoms with E-state index in [1.807, 2.05) is 67.7 Å². The number of aromatic amines is 1. The number of aryl methyl sites for hydroxylation is 1. The lowest BCUT2D eigenvalue weighted by molar-refractivity contribution is -0.139. The molecule has 0 spiro atoms. The summed E-state index contributed by atoms with van der Waals surface area (Å²) in [5, 5.41) is 10.8. The van der Waals surface area contributed by atoms with Gasteiger partial charge in [0.2, 0.25) is 17.7 Å². The van der Waals surface area contributed by atoms with E-state index in [1.54, 1.807) is 18.8 Å². The number of carbonyl (C=O) groups excluding carboxylic acids is 3. The normalized spacial score (nSPS) is 18.6. The number of nitrogens with one attached hydrogen (secondary N) is 4. The van der Waals surface area contributed by atoms with Crippen LogP contribution in [0.3, 0.4) is 0 Å². The number of benzene rings is 3. The van der Waals surface area contributed by atoms with E-state index in [2.05, 4.69) is 27.0 Å². The third-order valence-corrected chi connectivity index (χ3v) is 9.61. The van der Waals surface area contributed by atoms with Gasteiger partial charge in [0.25, 0.3) is 0 Å². The molecule has 5 rings (SSSR count). The first-order valence-electron chi connectivity index (χ1n) is 15.1. The van der Waals surface area contributed by atoms with Crippen LogP contribution in [0.2, 0.25) is 5.02 Å². The molecule has 0 aliphatic carbocycles. The van der Waals surface area contributed by atoms with E-state index >= 15 is 0 Å². The molecular formula is C34H39ClN6O3S. The average Bonchev–Trinajstić information content (AvgIpc) is 3.43. The van der Waals surface area contributed by atoms with E-state index in [0.29, 0.717) is 31.0 Å². The molecule has 0 saturated heterocycles. The monoisotopic (exact) mass is 646 g/mol. The highest BCUT2D eigenvalue weighted by Crippen LogP contribution is 2.34. The highest BCUT2D eigenvalue weighted by Gasteiger charge is 2.29. The first-order valence-corrected chi connectivity index (χ1v) is 16.3. The molecule has 0 bridgehead atoms. The van der Waals surface area contributed by atoms with Crippen LogP contribution >= 0.6 is 23.4 Å². The van der Waals surface area contributed by atoms with E-state index in [1.165, 1.54) is 4.90 Å². The Bertz CT molecular complexity index is 1690. The van der Waals surface area contributed by atoms with Crippen LogP contribution in [0.4, 0.5) is 0 Å². The fourth-order valence-corrected chi connectivity index (χ4v) is 6.75. The Morgan fingerprint density at radius 3 is 2.53 bits per heavy atom. The van der Waals surface area contributed by atoms with Crippen LogP contribution in [-0.2, 0) is 33.9 Å². The molecule has 236 valence electrons. The lowest BCUT2D eigenvalue weighted by Crippen LogP contribution is -2.52. The SMILES string of the molecule is Cc1ccc2c(C[C@H]3C(=O)NCc4cc(Cl)ccc4Sc4ccccc4CN[C@@H](CCCN)C(=O)NCC(=O)N3C)c[nH]c2c1. The van der Waals surface area contributed by atoms with Gasteiger partial charge >= 0.3 is 0 Å². The van der Waals surface area contributed by atoms with E-state index in [-0.39, 0.29) is 37.2 Å². The number of likely N-dealkylation sites (N-methyl/N-ethyl adjacent to an activating group) is 1. The van der Waals surface area contributed by atoms with Gasteiger partial charge in [0.1, 0.15) is 6.04 Å². The van der Waals surface area contributed by atoms with Crippen molar-refractivity contribution in [3.8, 4) is 0 Å². The third kappa shape index (κ3) is 8.07. The van der Waals surface area contributed by atoms with Crippen LogP contribution < -0.4 is 21.7 Å². The number of rotatable bonds is 5. The van der Waals surface area contributed by atoms with Crippen LogP contribution in [0.25, 0.3) is 10.9 Å². The van der Waals surface area contributed by atoms with E-state index in [4.69, 9.17) is 17.3 Å². The number of hydrogen-bond acceptors (Lipinski definition) is 6. The molecule has 2 heterocycles. The van der Waals surface area contributed by atoms with Crippen molar-refractivity contribution in [1.29, 1.82) is 0 Å². The summed E-state index contributed by atoms with van der Waals surface area (Å²) in [5.41, 5.74) is 10.7. The van der Waals surface area contributed by atoms with E-state index < -0.39 is 12.1 Å². The topological polar surface area (TPSA) is 132 Å². The maximum atomic E-state index is 13.9. The van der Waals surface area contributed by atoms with Crippen LogP contribution in [0, 0.1) is 6.92 Å². The Morgan fingerprint density at radius 1 is 0.933 bits per heavy atom. The largest absolute Gasteiger partial charge is 0.361 e. The Kier molecular flexibility index (Phi) is 10.8. The van der Waals surface area contributed by atoms with Crippen molar-refractivity contribution in [1.82, 2.24) is 25.8 Å². The Balaban J connectivity index is 1.49. The summed E-state index contributed by atoms with van der Waals surface area (Å²) >= 11 is 7.99. The molecule has 6 N–H and O–H groups in total. The molecule has 4 aromatic rings. The number of carbonyl (C=O) groups is 3. The van der Waals surface area contributed by atoms with Gasteiger partial charge in [-0.25, -0.2) is 0 Å². The zero-order valence-corrected chi connectivity index (χ0v) is 27.1. The smallest absolute Gasteiger partial charge is 0.243 e. The maximum Gasteiger partial charge on any atom is 0.243 e. The van der Waals surface area contributed by atoms with Crippen molar-refractivity contribution in [3.05, 3.63) is 94.1 Å². The summed E-state index contributed by atoms with van der Waals surface area (Å²) in [6, 6.07) is 18.4. The van der Waals surface area contributed by atoms with Crippen molar-refractivity contribution < 1.29 is 14.4 Å². The van der Waals surface area contributed by atoms with Crippen LogP contribution in [-0.4, -0.2) is 59.8 Å². The minimum Gasteiger partial charge on any atom is -0.361 e. The van der Waals surface area contributed by atoms with Crippen molar-refractivity contribution in [2.75, 3.05) is 20.1 Å². The fraction of sp³-hybridized carbons (Fsp3) is 0.324. The van der Waals surface area contributed by atoms with Gasteiger partial charge in [-0.05, 0) is 78.9 Å². The molecule has 11 heteroatoms. The van der Waals surface area contributed by atoms with Gasteiger partial charge in [-0.3, -0.25) is 14.4 Å². The molecule has 9 nitrogen and oxygen atoms in total. The molecule has 0 unspecified atom stereocenters. The Hall–Kier alpha value is -3.83. The van der Waals surface area contributed by atoms with Gasteiger partial charge in [0, 0.05) is 58.5 Å². The van der Waals surface area contributed by atoms with E-state index in [9.17, 15) is 14.4 Å². The minimum atomic E-state index is -0.826. The molecule has 1 aromatic heterocycles. The number of nitrogens with two attached hydrogens (primary N) is 1. The van der Waals surface area contributed by atoms with Crippen LogP contribution in [0.15, 0.2) is 76.7 Å². The molecule has 0 saturated carbocycles. The molecule has 45 heavy (non-hydrogen) atoms. The second-order valence-electron chi connectivity index (χ2n) is 11.3. The predicted molar refractivity (Wildman–Crippen MR) is 179 cm³/mol. The number of amides is 3. The predicted octanol–water partition coefficient (Wildman–Crippen LogP) is 4.29. The summed E-state index contributed by atoms with van der Waals surface area (Å²) < 4.78 is 0. The van der Waals surface area contributed by atoms with Crippen molar-refractivity contribution in [2.24, 2.45) is 5.73 Å².